The predicted molar refractivity (Wildman–Crippen MR) is 125 cm³/mol. The summed E-state index contributed by atoms with van der Waals surface area (Å²) in [5.41, 5.74) is 2.03. The Morgan fingerprint density at radius 1 is 0.912 bits per heavy atom. The molecule has 1 atom stereocenters. The van der Waals surface area contributed by atoms with Crippen LogP contribution in [0.1, 0.15) is 36.4 Å². The fourth-order valence-electron chi connectivity index (χ4n) is 4.84. The molecule has 3 aliphatic heterocycles. The van der Waals surface area contributed by atoms with Gasteiger partial charge in [0.2, 0.25) is 15.9 Å². The molecule has 1 amide bonds. The average Bonchev–Trinajstić information content (AvgIpc) is 3.38. The monoisotopic (exact) mass is 486 g/mol. The summed E-state index contributed by atoms with van der Waals surface area (Å²) >= 11 is 0. The Balaban J connectivity index is 1.21. The lowest BCUT2D eigenvalue weighted by atomic mass is 10.0. The van der Waals surface area contributed by atoms with Crippen LogP contribution in [0.2, 0.25) is 0 Å². The highest BCUT2D eigenvalue weighted by atomic mass is 32.2. The Morgan fingerprint density at radius 3 is 2.41 bits per heavy atom. The van der Waals surface area contributed by atoms with Crippen LogP contribution in [0.25, 0.3) is 0 Å². The zero-order valence-corrected chi connectivity index (χ0v) is 20.0. The lowest BCUT2D eigenvalue weighted by Gasteiger charge is -2.27. The predicted octanol–water partition coefficient (Wildman–Crippen LogP) is 2.78. The van der Waals surface area contributed by atoms with Gasteiger partial charge in [0.25, 0.3) is 0 Å². The van der Waals surface area contributed by atoms with Crippen molar-refractivity contribution in [2.45, 2.75) is 36.6 Å². The first-order valence-corrected chi connectivity index (χ1v) is 13.3. The molecule has 0 bridgehead atoms. The lowest BCUT2D eigenvalue weighted by Crippen LogP contribution is -2.40. The Kier molecular flexibility index (Phi) is 6.76. The van der Waals surface area contributed by atoms with Gasteiger partial charge >= 0.3 is 0 Å². The van der Waals surface area contributed by atoms with E-state index in [1.54, 1.807) is 12.1 Å². The number of aryl methyl sites for hydroxylation is 1. The summed E-state index contributed by atoms with van der Waals surface area (Å²) in [6.07, 6.45) is 2.86. The van der Waals surface area contributed by atoms with Gasteiger partial charge in [0.15, 0.2) is 11.5 Å². The number of fused-ring (bicyclic) bond motifs is 1. The maximum absolute atomic E-state index is 13.1. The summed E-state index contributed by atoms with van der Waals surface area (Å²) in [6.45, 7) is 3.43. The number of likely N-dealkylation sites (tertiary alicyclic amines) is 1. The quantitative estimate of drug-likeness (QED) is 0.624. The number of rotatable bonds is 6. The van der Waals surface area contributed by atoms with Crippen LogP contribution in [0.4, 0.5) is 0 Å². The van der Waals surface area contributed by atoms with Crippen LogP contribution in [-0.2, 0) is 26.0 Å². The number of sulfonamides is 1. The van der Waals surface area contributed by atoms with E-state index in [2.05, 4.69) is 0 Å². The molecule has 0 saturated carbocycles. The molecule has 34 heavy (non-hydrogen) atoms. The maximum Gasteiger partial charge on any atom is 0.243 e. The van der Waals surface area contributed by atoms with Crippen molar-refractivity contribution in [1.29, 1.82) is 0 Å². The fraction of sp³-hybridized carbons (Fsp3) is 0.480. The number of ether oxygens (including phenoxy) is 3. The number of hydrogen-bond donors (Lipinski definition) is 0. The Bertz CT molecular complexity index is 1130. The number of morpholine rings is 1. The molecule has 2 fully saturated rings. The van der Waals surface area contributed by atoms with E-state index in [0.29, 0.717) is 52.4 Å². The minimum absolute atomic E-state index is 0.0457. The molecular weight excluding hydrogens is 456 g/mol. The molecule has 3 heterocycles. The van der Waals surface area contributed by atoms with Gasteiger partial charge in [-0.15, -0.1) is 0 Å². The molecule has 0 aliphatic carbocycles. The molecule has 2 aromatic rings. The van der Waals surface area contributed by atoms with Crippen LogP contribution in [0, 0.1) is 0 Å². The third-order valence-corrected chi connectivity index (χ3v) is 8.60. The highest BCUT2D eigenvalue weighted by Crippen LogP contribution is 2.38. The van der Waals surface area contributed by atoms with Crippen molar-refractivity contribution >= 4 is 15.9 Å². The van der Waals surface area contributed by atoms with E-state index < -0.39 is 10.0 Å². The summed E-state index contributed by atoms with van der Waals surface area (Å²) in [5, 5.41) is 0. The Labute approximate surface area is 200 Å². The van der Waals surface area contributed by atoms with Gasteiger partial charge < -0.3 is 19.1 Å². The molecule has 2 saturated heterocycles. The number of amides is 1. The summed E-state index contributed by atoms with van der Waals surface area (Å²) in [7, 11) is -3.51. The fourth-order valence-corrected chi connectivity index (χ4v) is 6.25. The summed E-state index contributed by atoms with van der Waals surface area (Å²) in [4.78, 5) is 15.3. The molecule has 0 aromatic heterocycles. The molecule has 2 aromatic carbocycles. The van der Waals surface area contributed by atoms with E-state index in [1.165, 1.54) is 4.31 Å². The van der Waals surface area contributed by atoms with E-state index in [4.69, 9.17) is 14.2 Å². The standard InChI is InChI=1S/C25H30N2O6S/c28-25(27-11-1-2-22(27)20-6-9-23-24(18-20)33-17-16-32-23)10-5-19-3-7-21(8-4-19)34(29,30)26-12-14-31-15-13-26/h3-4,6-9,18,22H,1-2,5,10-17H2/t22-/m0/s1. The number of benzene rings is 2. The van der Waals surface area contributed by atoms with Crippen molar-refractivity contribution in [1.82, 2.24) is 9.21 Å². The zero-order chi connectivity index (χ0) is 23.5. The molecule has 3 aliphatic rings. The van der Waals surface area contributed by atoms with E-state index in [0.717, 1.165) is 42.0 Å². The Morgan fingerprint density at radius 2 is 1.65 bits per heavy atom. The molecule has 0 spiro atoms. The van der Waals surface area contributed by atoms with E-state index in [1.807, 2.05) is 35.2 Å². The highest BCUT2D eigenvalue weighted by molar-refractivity contribution is 7.89. The Hall–Kier alpha value is -2.62. The minimum atomic E-state index is -3.51. The number of hydrogen-bond acceptors (Lipinski definition) is 6. The normalized spacial score (nSPS) is 20.9. The van der Waals surface area contributed by atoms with Gasteiger partial charge in [-0.05, 0) is 54.7 Å². The molecule has 8 nitrogen and oxygen atoms in total. The number of carbonyl (C=O) groups excluding carboxylic acids is 1. The highest BCUT2D eigenvalue weighted by Gasteiger charge is 2.31. The van der Waals surface area contributed by atoms with Gasteiger partial charge in [-0.25, -0.2) is 8.42 Å². The van der Waals surface area contributed by atoms with Crippen molar-refractivity contribution in [2.75, 3.05) is 46.1 Å². The third-order valence-electron chi connectivity index (χ3n) is 6.68. The summed E-state index contributed by atoms with van der Waals surface area (Å²) < 4.78 is 43.6. The molecule has 0 N–H and O–H groups in total. The van der Waals surface area contributed by atoms with Gasteiger partial charge in [0.05, 0.1) is 24.2 Å². The summed E-state index contributed by atoms with van der Waals surface area (Å²) in [5.74, 6) is 1.61. The van der Waals surface area contributed by atoms with Crippen LogP contribution in [-0.4, -0.2) is 69.6 Å². The van der Waals surface area contributed by atoms with Gasteiger partial charge in [-0.2, -0.15) is 4.31 Å². The molecule has 9 heteroatoms. The van der Waals surface area contributed by atoms with Crippen molar-refractivity contribution in [3.8, 4) is 11.5 Å². The van der Waals surface area contributed by atoms with Crippen molar-refractivity contribution in [2.24, 2.45) is 0 Å². The maximum atomic E-state index is 13.1. The molecular formula is C25H30N2O6S. The third kappa shape index (κ3) is 4.78. The van der Waals surface area contributed by atoms with Crippen molar-refractivity contribution in [3.63, 3.8) is 0 Å². The zero-order valence-electron chi connectivity index (χ0n) is 19.1. The average molecular weight is 487 g/mol. The lowest BCUT2D eigenvalue weighted by molar-refractivity contribution is -0.132. The van der Waals surface area contributed by atoms with Gasteiger partial charge in [-0.1, -0.05) is 18.2 Å². The minimum Gasteiger partial charge on any atom is -0.486 e. The van der Waals surface area contributed by atoms with Crippen LogP contribution < -0.4 is 9.47 Å². The first-order valence-electron chi connectivity index (χ1n) is 11.9. The van der Waals surface area contributed by atoms with Gasteiger partial charge in [0.1, 0.15) is 13.2 Å². The number of nitrogens with zero attached hydrogens (tertiary/aromatic N) is 2. The van der Waals surface area contributed by atoms with Gasteiger partial charge in [-0.3, -0.25) is 4.79 Å². The van der Waals surface area contributed by atoms with Gasteiger partial charge in [0, 0.05) is 26.1 Å². The first-order chi connectivity index (χ1) is 16.5. The van der Waals surface area contributed by atoms with E-state index >= 15 is 0 Å². The van der Waals surface area contributed by atoms with Crippen LogP contribution in [0.3, 0.4) is 0 Å². The topological polar surface area (TPSA) is 85.4 Å². The summed E-state index contributed by atoms with van der Waals surface area (Å²) in [6, 6.07) is 12.9. The first kappa shape index (κ1) is 23.1. The van der Waals surface area contributed by atoms with E-state index in [-0.39, 0.29) is 16.8 Å². The van der Waals surface area contributed by atoms with Crippen LogP contribution >= 0.6 is 0 Å². The van der Waals surface area contributed by atoms with E-state index in [9.17, 15) is 13.2 Å². The molecule has 0 radical (unpaired) electrons. The second-order valence-corrected chi connectivity index (χ2v) is 10.7. The molecule has 182 valence electrons. The second kappa shape index (κ2) is 9.93. The van der Waals surface area contributed by atoms with Crippen molar-refractivity contribution in [3.05, 3.63) is 53.6 Å². The molecule has 0 unspecified atom stereocenters. The van der Waals surface area contributed by atoms with Crippen LogP contribution in [0.5, 0.6) is 11.5 Å². The number of carbonyl (C=O) groups is 1. The smallest absolute Gasteiger partial charge is 0.243 e. The van der Waals surface area contributed by atoms with Crippen LogP contribution in [0.15, 0.2) is 47.4 Å². The second-order valence-electron chi connectivity index (χ2n) is 8.81. The SMILES string of the molecule is O=C(CCc1ccc(S(=O)(=O)N2CCOCC2)cc1)N1CCC[C@H]1c1ccc2c(c1)OCCO2. The molecule has 5 rings (SSSR count). The van der Waals surface area contributed by atoms with Crippen molar-refractivity contribution < 1.29 is 27.4 Å². The largest absolute Gasteiger partial charge is 0.486 e.